The van der Waals surface area contributed by atoms with Crippen molar-refractivity contribution in [2.45, 2.75) is 69.5 Å². The summed E-state index contributed by atoms with van der Waals surface area (Å²) in [5, 5.41) is 0.102. The Kier molecular flexibility index (Phi) is 8.81. The summed E-state index contributed by atoms with van der Waals surface area (Å²) in [6, 6.07) is 0. The molecule has 1 saturated heterocycles. The zero-order chi connectivity index (χ0) is 25.8. The Morgan fingerprint density at radius 1 is 1.20 bits per heavy atom. The second kappa shape index (κ2) is 11.3. The van der Waals surface area contributed by atoms with Gasteiger partial charge in [0.15, 0.2) is 5.16 Å². The summed E-state index contributed by atoms with van der Waals surface area (Å²) in [5.74, 6) is -8.45. The van der Waals surface area contributed by atoms with E-state index in [1.165, 1.54) is 0 Å². The number of fused-ring (bicyclic) bond motifs is 1. The van der Waals surface area contributed by atoms with Crippen LogP contribution in [-0.4, -0.2) is 57.8 Å². The first kappa shape index (κ1) is 27.4. The minimum atomic E-state index is -4.30. The van der Waals surface area contributed by atoms with E-state index >= 15 is 0 Å². The number of aromatic nitrogens is 3. The predicted octanol–water partition coefficient (Wildman–Crippen LogP) is 6.16. The molecule has 3 heterocycles. The molecule has 0 spiro atoms. The average Bonchev–Trinajstić information content (AvgIpc) is 3.27. The van der Waals surface area contributed by atoms with Gasteiger partial charge in [-0.3, -0.25) is 9.36 Å². The van der Waals surface area contributed by atoms with Gasteiger partial charge in [0.2, 0.25) is 0 Å². The Morgan fingerprint density at radius 3 is 2.49 bits per heavy atom. The smallest absolute Gasteiger partial charge is 0.329 e. The van der Waals surface area contributed by atoms with Crippen LogP contribution < -0.4 is 4.90 Å². The van der Waals surface area contributed by atoms with Gasteiger partial charge in [-0.05, 0) is 12.3 Å². The Bertz CT molecular complexity index is 1000. The van der Waals surface area contributed by atoms with Crippen molar-refractivity contribution in [3.05, 3.63) is 12.4 Å². The number of alkyl halides is 6. The Balaban J connectivity index is 1.68. The van der Waals surface area contributed by atoms with Crippen LogP contribution in [0.2, 0.25) is 0 Å². The van der Waals surface area contributed by atoms with E-state index in [9.17, 15) is 31.1 Å². The van der Waals surface area contributed by atoms with Gasteiger partial charge >= 0.3 is 24.4 Å². The highest BCUT2D eigenvalue weighted by atomic mass is 32.2. The van der Waals surface area contributed by atoms with Crippen molar-refractivity contribution in [1.29, 1.82) is 0 Å². The van der Waals surface area contributed by atoms with Gasteiger partial charge in [-0.15, -0.1) is 0 Å². The van der Waals surface area contributed by atoms with Crippen LogP contribution in [0, 0.1) is 5.92 Å². The standard InChI is InChI=1S/C22H28F6N4O2S/c1-3-5-6-14(4-2)11-34-17(33)7-8-35-20-29-9-15-18(30-20)16(10-32(15)19(23)24)31-12-21(25,26)22(27,28)13-31/h9-10,14,19H,3-8,11-13H2,1-2H3. The maximum Gasteiger partial charge on any atom is 0.329 e. The van der Waals surface area contributed by atoms with Crippen molar-refractivity contribution in [2.75, 3.05) is 30.3 Å². The zero-order valence-electron chi connectivity index (χ0n) is 19.5. The summed E-state index contributed by atoms with van der Waals surface area (Å²) in [5.41, 5.74) is -0.561. The molecule has 1 fully saturated rings. The first-order valence-corrected chi connectivity index (χ1v) is 12.4. The van der Waals surface area contributed by atoms with Gasteiger partial charge in [-0.2, -0.15) is 26.3 Å². The van der Waals surface area contributed by atoms with E-state index < -0.39 is 31.5 Å². The molecule has 0 bridgehead atoms. The van der Waals surface area contributed by atoms with Gasteiger partial charge in [-0.1, -0.05) is 44.9 Å². The summed E-state index contributed by atoms with van der Waals surface area (Å²) in [6.07, 6.45) is 6.00. The fraction of sp³-hybridized carbons (Fsp3) is 0.682. The van der Waals surface area contributed by atoms with Crippen molar-refractivity contribution < 1.29 is 35.9 Å². The number of carbonyl (C=O) groups excluding carboxylic acids is 1. The van der Waals surface area contributed by atoms with Crippen molar-refractivity contribution in [1.82, 2.24) is 14.5 Å². The molecule has 0 aromatic carbocycles. The molecule has 0 amide bonds. The number of hydrogen-bond acceptors (Lipinski definition) is 6. The van der Waals surface area contributed by atoms with Crippen LogP contribution in [0.5, 0.6) is 0 Å². The third-order valence-corrected chi connectivity index (χ3v) is 6.82. The van der Waals surface area contributed by atoms with Gasteiger partial charge in [-0.25, -0.2) is 9.97 Å². The molecule has 2 aromatic heterocycles. The molecular weight excluding hydrogens is 498 g/mol. The van der Waals surface area contributed by atoms with E-state index in [2.05, 4.69) is 16.9 Å². The van der Waals surface area contributed by atoms with E-state index in [4.69, 9.17) is 4.74 Å². The number of nitrogens with zero attached hydrogens (tertiary/aromatic N) is 4. The van der Waals surface area contributed by atoms with Crippen molar-refractivity contribution in [3.63, 3.8) is 0 Å². The Labute approximate surface area is 203 Å². The van der Waals surface area contributed by atoms with Gasteiger partial charge < -0.3 is 9.64 Å². The molecule has 3 rings (SSSR count). The van der Waals surface area contributed by atoms with Crippen LogP contribution >= 0.6 is 11.8 Å². The topological polar surface area (TPSA) is 60.2 Å². The van der Waals surface area contributed by atoms with Gasteiger partial charge in [0.25, 0.3) is 0 Å². The number of ether oxygens (including phenoxy) is 1. The summed E-state index contributed by atoms with van der Waals surface area (Å²) >= 11 is 1.05. The zero-order valence-corrected chi connectivity index (χ0v) is 20.3. The molecule has 1 unspecified atom stereocenters. The summed E-state index contributed by atoms with van der Waals surface area (Å²) in [4.78, 5) is 20.9. The fourth-order valence-corrected chi connectivity index (χ4v) is 4.54. The minimum absolute atomic E-state index is 0.0613. The van der Waals surface area contributed by atoms with E-state index in [-0.39, 0.29) is 40.0 Å². The third kappa shape index (κ3) is 6.34. The largest absolute Gasteiger partial charge is 0.465 e. The second-order valence-electron chi connectivity index (χ2n) is 8.55. The molecule has 196 valence electrons. The fourth-order valence-electron chi connectivity index (χ4n) is 3.81. The number of thioether (sulfide) groups is 1. The summed E-state index contributed by atoms with van der Waals surface area (Å²) < 4.78 is 87.5. The van der Waals surface area contributed by atoms with Crippen molar-refractivity contribution in [3.8, 4) is 0 Å². The minimum Gasteiger partial charge on any atom is -0.465 e. The lowest BCUT2D eigenvalue weighted by atomic mass is 10.0. The maximum absolute atomic E-state index is 13.7. The number of hydrogen-bond donors (Lipinski definition) is 0. The molecule has 0 saturated carbocycles. The molecule has 1 aliphatic rings. The number of rotatable bonds is 12. The van der Waals surface area contributed by atoms with Crippen LogP contribution in [0.25, 0.3) is 11.0 Å². The van der Waals surface area contributed by atoms with Gasteiger partial charge in [0.05, 0.1) is 43.5 Å². The Morgan fingerprint density at radius 2 is 1.89 bits per heavy atom. The molecule has 0 radical (unpaired) electrons. The maximum atomic E-state index is 13.7. The molecule has 35 heavy (non-hydrogen) atoms. The predicted molar refractivity (Wildman–Crippen MR) is 120 cm³/mol. The van der Waals surface area contributed by atoms with E-state index in [0.717, 1.165) is 49.8 Å². The van der Waals surface area contributed by atoms with E-state index in [1.807, 2.05) is 6.92 Å². The lowest BCUT2D eigenvalue weighted by Gasteiger charge is -2.15. The number of esters is 1. The van der Waals surface area contributed by atoms with Crippen LogP contribution in [0.1, 0.15) is 52.5 Å². The summed E-state index contributed by atoms with van der Waals surface area (Å²) in [7, 11) is 0. The number of halogens is 6. The Hall–Kier alpha value is -2.18. The number of carbonyl (C=O) groups is 1. The van der Waals surface area contributed by atoms with Crippen LogP contribution in [0.15, 0.2) is 17.6 Å². The van der Waals surface area contributed by atoms with Crippen LogP contribution in [0.3, 0.4) is 0 Å². The molecular formula is C22H28F6N4O2S. The first-order chi connectivity index (χ1) is 16.5. The summed E-state index contributed by atoms with van der Waals surface area (Å²) in [6.45, 7) is -1.21. The molecule has 0 aliphatic carbocycles. The molecule has 13 heteroatoms. The van der Waals surface area contributed by atoms with Crippen LogP contribution in [-0.2, 0) is 9.53 Å². The highest BCUT2D eigenvalue weighted by Gasteiger charge is 2.63. The normalized spacial score (nSPS) is 17.9. The number of unbranched alkanes of at least 4 members (excludes halogenated alkanes) is 1. The lowest BCUT2D eigenvalue weighted by Crippen LogP contribution is -2.38. The third-order valence-electron chi connectivity index (χ3n) is 5.96. The van der Waals surface area contributed by atoms with Crippen molar-refractivity contribution >= 4 is 34.5 Å². The highest BCUT2D eigenvalue weighted by Crippen LogP contribution is 2.44. The number of anilines is 1. The first-order valence-electron chi connectivity index (χ1n) is 11.4. The SMILES string of the molecule is CCCCC(CC)COC(=O)CCSc1ncc2c(n1)c(N1CC(F)(F)C(F)(F)C1)cn2C(F)F. The van der Waals surface area contributed by atoms with Gasteiger partial charge in [0, 0.05) is 11.9 Å². The monoisotopic (exact) mass is 526 g/mol. The van der Waals surface area contributed by atoms with Crippen LogP contribution in [0.4, 0.5) is 32.0 Å². The molecule has 0 N–H and O–H groups in total. The lowest BCUT2D eigenvalue weighted by molar-refractivity contribution is -0.172. The average molecular weight is 527 g/mol. The quantitative estimate of drug-likeness (QED) is 0.143. The molecule has 2 aromatic rings. The molecule has 1 atom stereocenters. The van der Waals surface area contributed by atoms with E-state index in [0.29, 0.717) is 22.0 Å². The molecule has 6 nitrogen and oxygen atoms in total. The van der Waals surface area contributed by atoms with Gasteiger partial charge in [0.1, 0.15) is 5.52 Å². The van der Waals surface area contributed by atoms with E-state index in [1.54, 1.807) is 0 Å². The second-order valence-corrected chi connectivity index (χ2v) is 9.61. The molecule has 1 aliphatic heterocycles. The van der Waals surface area contributed by atoms with Crippen molar-refractivity contribution in [2.24, 2.45) is 5.92 Å². The highest BCUT2D eigenvalue weighted by molar-refractivity contribution is 7.99.